The Labute approximate surface area is 97.5 Å². The number of likely N-dealkylation sites (tertiary alicyclic amines) is 1. The van der Waals surface area contributed by atoms with Gasteiger partial charge in [0.1, 0.15) is 0 Å². The minimum Gasteiger partial charge on any atom is -0.283 e. The highest BCUT2D eigenvalue weighted by Gasteiger charge is 2.25. The molecule has 0 aromatic heterocycles. The minimum atomic E-state index is 0.108. The van der Waals surface area contributed by atoms with Crippen molar-refractivity contribution in [3.8, 4) is 6.07 Å². The van der Waals surface area contributed by atoms with Crippen molar-refractivity contribution in [1.82, 2.24) is 4.90 Å². The number of piperidine rings is 1. The number of nitriles is 1. The maximum Gasteiger partial charge on any atom is 0.0980 e. The van der Waals surface area contributed by atoms with Gasteiger partial charge in [-0.1, -0.05) is 37.3 Å². The van der Waals surface area contributed by atoms with Crippen molar-refractivity contribution in [2.45, 2.75) is 32.4 Å². The molecule has 0 spiro atoms. The lowest BCUT2D eigenvalue weighted by Crippen LogP contribution is -2.41. The first-order valence-corrected chi connectivity index (χ1v) is 5.97. The molecule has 1 heterocycles. The predicted octanol–water partition coefficient (Wildman–Crippen LogP) is 2.81. The van der Waals surface area contributed by atoms with Crippen LogP contribution in [0.15, 0.2) is 30.3 Å². The van der Waals surface area contributed by atoms with Gasteiger partial charge in [-0.3, -0.25) is 4.90 Å². The van der Waals surface area contributed by atoms with Crippen LogP contribution in [0.5, 0.6) is 0 Å². The van der Waals surface area contributed by atoms with Crippen molar-refractivity contribution in [2.75, 3.05) is 6.54 Å². The molecule has 0 saturated carbocycles. The average molecular weight is 214 g/mol. The number of hydrogen-bond donors (Lipinski definition) is 0. The Morgan fingerprint density at radius 3 is 2.75 bits per heavy atom. The molecule has 1 aliphatic heterocycles. The molecule has 1 aromatic rings. The van der Waals surface area contributed by atoms with Crippen molar-refractivity contribution in [1.29, 1.82) is 5.26 Å². The monoisotopic (exact) mass is 214 g/mol. The predicted molar refractivity (Wildman–Crippen MR) is 64.7 cm³/mol. The summed E-state index contributed by atoms with van der Waals surface area (Å²) in [5.74, 6) is 0.716. The van der Waals surface area contributed by atoms with Crippen molar-refractivity contribution in [2.24, 2.45) is 5.92 Å². The van der Waals surface area contributed by atoms with Gasteiger partial charge in [0.15, 0.2) is 0 Å². The number of benzene rings is 1. The molecule has 84 valence electrons. The van der Waals surface area contributed by atoms with Crippen LogP contribution in [-0.2, 0) is 6.54 Å². The molecule has 2 nitrogen and oxygen atoms in total. The van der Waals surface area contributed by atoms with E-state index in [0.29, 0.717) is 5.92 Å². The molecular formula is C14H18N2. The van der Waals surface area contributed by atoms with Gasteiger partial charge in [-0.25, -0.2) is 0 Å². The molecule has 0 radical (unpaired) electrons. The first-order valence-electron chi connectivity index (χ1n) is 5.97. The molecular weight excluding hydrogens is 196 g/mol. The van der Waals surface area contributed by atoms with Crippen LogP contribution < -0.4 is 0 Å². The maximum absolute atomic E-state index is 9.13. The molecule has 0 amide bonds. The highest BCUT2D eigenvalue weighted by molar-refractivity contribution is 5.15. The highest BCUT2D eigenvalue weighted by atomic mass is 15.2. The quantitative estimate of drug-likeness (QED) is 0.757. The van der Waals surface area contributed by atoms with Crippen LogP contribution in [0.3, 0.4) is 0 Å². The van der Waals surface area contributed by atoms with Crippen molar-refractivity contribution < 1.29 is 0 Å². The third-order valence-electron chi connectivity index (χ3n) is 3.30. The van der Waals surface area contributed by atoms with Crippen LogP contribution in [0.1, 0.15) is 25.3 Å². The average Bonchev–Trinajstić information content (AvgIpc) is 2.31. The molecule has 0 unspecified atom stereocenters. The van der Waals surface area contributed by atoms with E-state index in [1.54, 1.807) is 0 Å². The standard InChI is InChI=1S/C14H18N2/c1-12-7-8-14(9-15)16(10-12)11-13-5-3-2-4-6-13/h2-6,12,14H,7-8,10-11H2,1H3/t12-,14-/m1/s1. The van der Waals surface area contributed by atoms with Crippen molar-refractivity contribution in [3.05, 3.63) is 35.9 Å². The van der Waals surface area contributed by atoms with Gasteiger partial charge in [0.25, 0.3) is 0 Å². The van der Waals surface area contributed by atoms with Gasteiger partial charge >= 0.3 is 0 Å². The molecule has 2 atom stereocenters. The van der Waals surface area contributed by atoms with Crippen LogP contribution >= 0.6 is 0 Å². The summed E-state index contributed by atoms with van der Waals surface area (Å²) in [6.07, 6.45) is 2.20. The molecule has 2 rings (SSSR count). The first kappa shape index (κ1) is 11.2. The largest absolute Gasteiger partial charge is 0.283 e. The molecule has 0 bridgehead atoms. The van der Waals surface area contributed by atoms with Crippen LogP contribution in [0.4, 0.5) is 0 Å². The van der Waals surface area contributed by atoms with E-state index in [4.69, 9.17) is 5.26 Å². The van der Waals surface area contributed by atoms with Gasteiger partial charge < -0.3 is 0 Å². The third-order valence-corrected chi connectivity index (χ3v) is 3.30. The molecule has 16 heavy (non-hydrogen) atoms. The van der Waals surface area contributed by atoms with E-state index in [0.717, 1.165) is 19.5 Å². The SMILES string of the molecule is C[C@@H]1CC[C@H](C#N)N(Cc2ccccc2)C1. The Morgan fingerprint density at radius 2 is 2.06 bits per heavy atom. The Morgan fingerprint density at radius 1 is 1.31 bits per heavy atom. The number of hydrogen-bond acceptors (Lipinski definition) is 2. The van der Waals surface area contributed by atoms with Gasteiger partial charge in [0.2, 0.25) is 0 Å². The van der Waals surface area contributed by atoms with Crippen molar-refractivity contribution >= 4 is 0 Å². The number of rotatable bonds is 2. The Hall–Kier alpha value is -1.33. The molecule has 1 aliphatic rings. The van der Waals surface area contributed by atoms with E-state index in [1.165, 1.54) is 12.0 Å². The third kappa shape index (κ3) is 2.62. The highest BCUT2D eigenvalue weighted by Crippen LogP contribution is 2.22. The van der Waals surface area contributed by atoms with E-state index >= 15 is 0 Å². The minimum absolute atomic E-state index is 0.108. The van der Waals surface area contributed by atoms with Crippen LogP contribution in [-0.4, -0.2) is 17.5 Å². The van der Waals surface area contributed by atoms with E-state index in [1.807, 2.05) is 6.07 Å². The zero-order chi connectivity index (χ0) is 11.4. The van der Waals surface area contributed by atoms with Gasteiger partial charge in [-0.15, -0.1) is 0 Å². The molecule has 0 aliphatic carbocycles. The summed E-state index contributed by atoms with van der Waals surface area (Å²) in [6, 6.07) is 12.9. The van der Waals surface area contributed by atoms with Crippen LogP contribution in [0, 0.1) is 17.2 Å². The zero-order valence-electron chi connectivity index (χ0n) is 9.76. The van der Waals surface area contributed by atoms with Gasteiger partial charge in [-0.05, 0) is 24.3 Å². The van der Waals surface area contributed by atoms with E-state index in [9.17, 15) is 0 Å². The summed E-state index contributed by atoms with van der Waals surface area (Å²) in [6.45, 7) is 4.22. The molecule has 1 fully saturated rings. The smallest absolute Gasteiger partial charge is 0.0980 e. The summed E-state index contributed by atoms with van der Waals surface area (Å²) < 4.78 is 0. The maximum atomic E-state index is 9.13. The van der Waals surface area contributed by atoms with Crippen LogP contribution in [0.25, 0.3) is 0 Å². The summed E-state index contributed by atoms with van der Waals surface area (Å²) in [7, 11) is 0. The second kappa shape index (κ2) is 5.14. The molecule has 0 N–H and O–H groups in total. The Bertz CT molecular complexity index is 366. The topological polar surface area (TPSA) is 27.0 Å². The Kier molecular flexibility index (Phi) is 3.58. The molecule has 1 saturated heterocycles. The second-order valence-electron chi connectivity index (χ2n) is 4.74. The van der Waals surface area contributed by atoms with Crippen LogP contribution in [0.2, 0.25) is 0 Å². The van der Waals surface area contributed by atoms with Gasteiger partial charge in [0, 0.05) is 13.1 Å². The van der Waals surface area contributed by atoms with E-state index in [-0.39, 0.29) is 6.04 Å². The fraction of sp³-hybridized carbons (Fsp3) is 0.500. The summed E-state index contributed by atoms with van der Waals surface area (Å²) in [5.41, 5.74) is 1.30. The fourth-order valence-corrected chi connectivity index (χ4v) is 2.38. The lowest BCUT2D eigenvalue weighted by Gasteiger charge is -2.34. The van der Waals surface area contributed by atoms with Crippen molar-refractivity contribution in [3.63, 3.8) is 0 Å². The molecule has 2 heteroatoms. The summed E-state index contributed by atoms with van der Waals surface area (Å²) >= 11 is 0. The van der Waals surface area contributed by atoms with E-state index < -0.39 is 0 Å². The Balaban J connectivity index is 2.04. The molecule has 1 aromatic carbocycles. The first-order chi connectivity index (χ1) is 7.79. The normalized spacial score (nSPS) is 26.2. The lowest BCUT2D eigenvalue weighted by atomic mass is 9.94. The second-order valence-corrected chi connectivity index (χ2v) is 4.74. The van der Waals surface area contributed by atoms with Gasteiger partial charge in [0.05, 0.1) is 12.1 Å². The van der Waals surface area contributed by atoms with E-state index in [2.05, 4.69) is 42.2 Å². The lowest BCUT2D eigenvalue weighted by molar-refractivity contribution is 0.138. The van der Waals surface area contributed by atoms with Gasteiger partial charge in [-0.2, -0.15) is 5.26 Å². The summed E-state index contributed by atoms with van der Waals surface area (Å²) in [4.78, 5) is 2.31. The zero-order valence-corrected chi connectivity index (χ0v) is 9.76. The fourth-order valence-electron chi connectivity index (χ4n) is 2.38. The summed E-state index contributed by atoms with van der Waals surface area (Å²) in [5, 5.41) is 9.13. The number of nitrogens with zero attached hydrogens (tertiary/aromatic N) is 2.